The maximum Gasteiger partial charge on any atom is 0.231 e. The molecule has 1 N–H and O–H groups in total. The molecule has 4 rings (SSSR count). The average molecular weight is 349 g/mol. The topological polar surface area (TPSA) is 76.0 Å². The summed E-state index contributed by atoms with van der Waals surface area (Å²) in [6.07, 6.45) is 5.71. The van der Waals surface area contributed by atoms with Gasteiger partial charge in [-0.1, -0.05) is 12.1 Å². The minimum absolute atomic E-state index is 0.0841. The molecule has 0 saturated carbocycles. The van der Waals surface area contributed by atoms with E-state index in [-0.39, 0.29) is 11.8 Å². The number of nitrogens with one attached hydrogen (secondary N) is 1. The molecule has 0 bridgehead atoms. The minimum Gasteiger partial charge on any atom is -0.369 e. The molecule has 1 amide bonds. The predicted molar refractivity (Wildman–Crippen MR) is 98.8 cm³/mol. The second kappa shape index (κ2) is 7.20. The molecule has 26 heavy (non-hydrogen) atoms. The van der Waals surface area contributed by atoms with E-state index in [1.807, 2.05) is 35.4 Å². The number of fused-ring (bicyclic) bond motifs is 1. The normalized spacial score (nSPS) is 20.2. The third-order valence-corrected chi connectivity index (χ3v) is 5.51. The Balaban J connectivity index is 1.48. The molecular weight excluding hydrogens is 326 g/mol. The summed E-state index contributed by atoms with van der Waals surface area (Å²) in [6.45, 7) is 3.08. The molecule has 0 radical (unpaired) electrons. The first kappa shape index (κ1) is 16.6. The molecule has 0 spiro atoms. The number of H-pyrrole nitrogens is 1. The Morgan fingerprint density at radius 2 is 2.08 bits per heavy atom. The Morgan fingerprint density at radius 1 is 1.19 bits per heavy atom. The number of para-hydroxylation sites is 1. The van der Waals surface area contributed by atoms with Gasteiger partial charge in [-0.25, -0.2) is 0 Å². The fraction of sp³-hybridized carbons (Fsp3) is 0.450. The second-order valence-electron chi connectivity index (χ2n) is 7.05. The summed E-state index contributed by atoms with van der Waals surface area (Å²) in [5, 5.41) is 16.5. The van der Waals surface area contributed by atoms with Crippen molar-refractivity contribution in [1.29, 1.82) is 5.26 Å². The number of rotatable bonds is 2. The number of aromatic amines is 1. The van der Waals surface area contributed by atoms with Crippen molar-refractivity contribution in [3.8, 4) is 6.07 Å². The molecule has 1 unspecified atom stereocenters. The number of aromatic nitrogens is 2. The van der Waals surface area contributed by atoms with Crippen LogP contribution in [0, 0.1) is 11.3 Å². The fourth-order valence-corrected chi connectivity index (χ4v) is 4.15. The zero-order valence-corrected chi connectivity index (χ0v) is 14.8. The van der Waals surface area contributed by atoms with Gasteiger partial charge >= 0.3 is 0 Å². The number of nitriles is 1. The Hall–Kier alpha value is -2.81. The van der Waals surface area contributed by atoms with Crippen LogP contribution >= 0.6 is 0 Å². The molecule has 1 aliphatic carbocycles. The summed E-state index contributed by atoms with van der Waals surface area (Å²) in [5.74, 6) is 0.129. The maximum absolute atomic E-state index is 13.1. The first-order valence-corrected chi connectivity index (χ1v) is 9.33. The van der Waals surface area contributed by atoms with E-state index in [0.29, 0.717) is 12.1 Å². The van der Waals surface area contributed by atoms with Gasteiger partial charge in [0.05, 0.1) is 29.1 Å². The van der Waals surface area contributed by atoms with Gasteiger partial charge in [-0.05, 0) is 43.4 Å². The van der Waals surface area contributed by atoms with Crippen molar-refractivity contribution in [3.63, 3.8) is 0 Å². The molecule has 1 aromatic heterocycles. The van der Waals surface area contributed by atoms with E-state index in [4.69, 9.17) is 0 Å². The molecule has 1 aromatic carbocycles. The summed E-state index contributed by atoms with van der Waals surface area (Å²) in [7, 11) is 0. The highest BCUT2D eigenvalue weighted by molar-refractivity contribution is 5.84. The Bertz CT molecular complexity index is 837. The molecule has 1 atom stereocenters. The fourth-order valence-electron chi connectivity index (χ4n) is 4.15. The number of amides is 1. The maximum atomic E-state index is 13.1. The van der Waals surface area contributed by atoms with Crippen LogP contribution in [0.15, 0.2) is 30.5 Å². The van der Waals surface area contributed by atoms with Crippen LogP contribution in [0.25, 0.3) is 0 Å². The molecule has 1 saturated heterocycles. The molecule has 6 heteroatoms. The number of hydrogen-bond donors (Lipinski definition) is 1. The Morgan fingerprint density at radius 3 is 2.96 bits per heavy atom. The molecule has 134 valence electrons. The van der Waals surface area contributed by atoms with Crippen LogP contribution in [-0.4, -0.2) is 47.2 Å². The molecular formula is C20H23N5O. The van der Waals surface area contributed by atoms with Gasteiger partial charge in [0.25, 0.3) is 0 Å². The van der Waals surface area contributed by atoms with Crippen molar-refractivity contribution in [2.75, 3.05) is 31.1 Å². The van der Waals surface area contributed by atoms with Crippen LogP contribution in [0.4, 0.5) is 5.69 Å². The largest absolute Gasteiger partial charge is 0.369 e. The summed E-state index contributed by atoms with van der Waals surface area (Å²) < 4.78 is 0. The van der Waals surface area contributed by atoms with Gasteiger partial charge in [0.15, 0.2) is 0 Å². The van der Waals surface area contributed by atoms with Crippen molar-refractivity contribution in [2.45, 2.75) is 31.6 Å². The summed E-state index contributed by atoms with van der Waals surface area (Å²) in [6, 6.07) is 9.97. The van der Waals surface area contributed by atoms with E-state index < -0.39 is 0 Å². The van der Waals surface area contributed by atoms with Crippen LogP contribution in [0.5, 0.6) is 0 Å². The van der Waals surface area contributed by atoms with Crippen molar-refractivity contribution in [1.82, 2.24) is 15.1 Å². The second-order valence-corrected chi connectivity index (χ2v) is 7.05. The van der Waals surface area contributed by atoms with Gasteiger partial charge in [0.2, 0.25) is 5.91 Å². The van der Waals surface area contributed by atoms with Gasteiger partial charge in [0, 0.05) is 26.2 Å². The standard InChI is InChI=1S/C20H23N5O/c21-13-15-5-1-2-8-18(15)24-9-4-10-25(12-11-24)20(26)17-7-3-6-16-14-22-23-19(16)17/h1-2,5,8,14,17H,3-4,6-7,9-12H2,(H,22,23). The van der Waals surface area contributed by atoms with Crippen molar-refractivity contribution >= 4 is 11.6 Å². The third-order valence-electron chi connectivity index (χ3n) is 5.51. The van der Waals surface area contributed by atoms with Gasteiger partial charge in [0.1, 0.15) is 6.07 Å². The van der Waals surface area contributed by atoms with E-state index in [0.717, 1.165) is 56.7 Å². The Labute approximate surface area is 153 Å². The van der Waals surface area contributed by atoms with E-state index in [2.05, 4.69) is 21.2 Å². The first-order chi connectivity index (χ1) is 12.8. The monoisotopic (exact) mass is 349 g/mol. The molecule has 1 fully saturated rings. The zero-order chi connectivity index (χ0) is 17.9. The van der Waals surface area contributed by atoms with E-state index >= 15 is 0 Å². The van der Waals surface area contributed by atoms with Crippen molar-refractivity contribution in [2.24, 2.45) is 0 Å². The minimum atomic E-state index is -0.0841. The third kappa shape index (κ3) is 3.05. The van der Waals surface area contributed by atoms with Crippen LogP contribution in [0.1, 0.15) is 42.0 Å². The number of nitrogens with zero attached hydrogens (tertiary/aromatic N) is 4. The van der Waals surface area contributed by atoms with E-state index in [1.54, 1.807) is 0 Å². The van der Waals surface area contributed by atoms with Crippen molar-refractivity contribution in [3.05, 3.63) is 47.3 Å². The van der Waals surface area contributed by atoms with Gasteiger partial charge in [-0.3, -0.25) is 9.89 Å². The number of benzene rings is 1. The highest BCUT2D eigenvalue weighted by Gasteiger charge is 2.32. The summed E-state index contributed by atoms with van der Waals surface area (Å²) >= 11 is 0. The summed E-state index contributed by atoms with van der Waals surface area (Å²) in [4.78, 5) is 17.4. The SMILES string of the molecule is N#Cc1ccccc1N1CCCN(C(=O)C2CCCc3cn[nH]c32)CC1. The van der Waals surface area contributed by atoms with Crippen molar-refractivity contribution < 1.29 is 4.79 Å². The van der Waals surface area contributed by atoms with Gasteiger partial charge in [-0.15, -0.1) is 0 Å². The first-order valence-electron chi connectivity index (χ1n) is 9.33. The number of carbonyl (C=O) groups is 1. The van der Waals surface area contributed by atoms with Gasteiger partial charge < -0.3 is 9.80 Å². The summed E-state index contributed by atoms with van der Waals surface area (Å²) in [5.41, 5.74) is 3.87. The quantitative estimate of drug-likeness (QED) is 0.903. The van der Waals surface area contributed by atoms with Crippen LogP contribution in [-0.2, 0) is 11.2 Å². The predicted octanol–water partition coefficient (Wildman–Crippen LogP) is 2.44. The lowest BCUT2D eigenvalue weighted by Crippen LogP contribution is -2.39. The lowest BCUT2D eigenvalue weighted by atomic mass is 9.87. The highest BCUT2D eigenvalue weighted by Crippen LogP contribution is 2.32. The molecule has 2 heterocycles. The highest BCUT2D eigenvalue weighted by atomic mass is 16.2. The number of carbonyl (C=O) groups excluding carboxylic acids is 1. The lowest BCUT2D eigenvalue weighted by Gasteiger charge is -2.28. The molecule has 1 aliphatic heterocycles. The number of anilines is 1. The van der Waals surface area contributed by atoms with Crippen LogP contribution < -0.4 is 4.90 Å². The number of aryl methyl sites for hydroxylation is 1. The Kier molecular flexibility index (Phi) is 4.61. The van der Waals surface area contributed by atoms with Crippen LogP contribution in [0.3, 0.4) is 0 Å². The molecule has 2 aromatic rings. The van der Waals surface area contributed by atoms with E-state index in [9.17, 15) is 10.1 Å². The lowest BCUT2D eigenvalue weighted by molar-refractivity contribution is -0.133. The average Bonchev–Trinajstić information content (AvgIpc) is 3.04. The smallest absolute Gasteiger partial charge is 0.231 e. The van der Waals surface area contributed by atoms with E-state index in [1.165, 1.54) is 5.56 Å². The zero-order valence-electron chi connectivity index (χ0n) is 14.8. The van der Waals surface area contributed by atoms with Crippen LogP contribution in [0.2, 0.25) is 0 Å². The van der Waals surface area contributed by atoms with Gasteiger partial charge in [-0.2, -0.15) is 10.4 Å². The number of hydrogen-bond acceptors (Lipinski definition) is 4. The molecule has 6 nitrogen and oxygen atoms in total. The molecule has 2 aliphatic rings.